The SMILES string of the molecule is CC(C)C1CCN(CC2CCCNC2)CC1C. The predicted molar refractivity (Wildman–Crippen MR) is 74.1 cm³/mol. The van der Waals surface area contributed by atoms with E-state index in [0.717, 1.165) is 23.7 Å². The van der Waals surface area contributed by atoms with Gasteiger partial charge in [0.2, 0.25) is 0 Å². The Morgan fingerprint density at radius 1 is 1.29 bits per heavy atom. The molecule has 100 valence electrons. The van der Waals surface area contributed by atoms with Gasteiger partial charge in [0, 0.05) is 13.1 Å². The van der Waals surface area contributed by atoms with Crippen LogP contribution in [-0.4, -0.2) is 37.6 Å². The summed E-state index contributed by atoms with van der Waals surface area (Å²) in [6, 6.07) is 0. The zero-order valence-corrected chi connectivity index (χ0v) is 11.9. The smallest absolute Gasteiger partial charge is 0.00219 e. The van der Waals surface area contributed by atoms with Crippen molar-refractivity contribution in [3.05, 3.63) is 0 Å². The van der Waals surface area contributed by atoms with Gasteiger partial charge in [0.05, 0.1) is 0 Å². The molecule has 0 amide bonds. The lowest BCUT2D eigenvalue weighted by Crippen LogP contribution is -2.45. The van der Waals surface area contributed by atoms with Crippen LogP contribution in [0.5, 0.6) is 0 Å². The molecule has 2 rings (SSSR count). The summed E-state index contributed by atoms with van der Waals surface area (Å²) < 4.78 is 0. The Hall–Kier alpha value is -0.0800. The monoisotopic (exact) mass is 238 g/mol. The maximum absolute atomic E-state index is 3.54. The van der Waals surface area contributed by atoms with Crippen LogP contribution in [0.25, 0.3) is 0 Å². The first-order chi connectivity index (χ1) is 8.16. The second-order valence-electron chi connectivity index (χ2n) is 6.65. The van der Waals surface area contributed by atoms with Crippen molar-refractivity contribution in [2.45, 2.75) is 40.0 Å². The summed E-state index contributed by atoms with van der Waals surface area (Å²) in [4.78, 5) is 2.72. The largest absolute Gasteiger partial charge is 0.316 e. The molecule has 0 saturated carbocycles. The summed E-state index contributed by atoms with van der Waals surface area (Å²) in [5, 5.41) is 3.54. The Morgan fingerprint density at radius 3 is 2.71 bits per heavy atom. The lowest BCUT2D eigenvalue weighted by molar-refractivity contribution is 0.0850. The Kier molecular flexibility index (Phi) is 4.87. The predicted octanol–water partition coefficient (Wildman–Crippen LogP) is 2.60. The van der Waals surface area contributed by atoms with Crippen molar-refractivity contribution in [3.63, 3.8) is 0 Å². The number of likely N-dealkylation sites (tertiary alicyclic amines) is 1. The average molecular weight is 238 g/mol. The Balaban J connectivity index is 1.76. The first-order valence-corrected chi connectivity index (χ1v) is 7.60. The molecule has 2 nitrogen and oxygen atoms in total. The van der Waals surface area contributed by atoms with Crippen molar-refractivity contribution in [1.82, 2.24) is 10.2 Å². The van der Waals surface area contributed by atoms with Crippen LogP contribution in [0.1, 0.15) is 40.0 Å². The van der Waals surface area contributed by atoms with Crippen LogP contribution in [0.15, 0.2) is 0 Å². The minimum Gasteiger partial charge on any atom is -0.316 e. The van der Waals surface area contributed by atoms with Gasteiger partial charge >= 0.3 is 0 Å². The van der Waals surface area contributed by atoms with Crippen molar-refractivity contribution >= 4 is 0 Å². The van der Waals surface area contributed by atoms with E-state index in [1.807, 2.05) is 0 Å². The van der Waals surface area contributed by atoms with Crippen molar-refractivity contribution < 1.29 is 0 Å². The normalized spacial score (nSPS) is 36.4. The highest BCUT2D eigenvalue weighted by molar-refractivity contribution is 4.82. The van der Waals surface area contributed by atoms with Gasteiger partial charge < -0.3 is 10.2 Å². The molecule has 0 aliphatic carbocycles. The van der Waals surface area contributed by atoms with E-state index in [4.69, 9.17) is 0 Å². The van der Waals surface area contributed by atoms with Gasteiger partial charge in [-0.15, -0.1) is 0 Å². The molecule has 1 N–H and O–H groups in total. The van der Waals surface area contributed by atoms with Gasteiger partial charge in [0.15, 0.2) is 0 Å². The zero-order chi connectivity index (χ0) is 12.3. The molecule has 3 atom stereocenters. The highest BCUT2D eigenvalue weighted by atomic mass is 15.1. The summed E-state index contributed by atoms with van der Waals surface area (Å²) in [5.74, 6) is 3.62. The van der Waals surface area contributed by atoms with E-state index in [1.54, 1.807) is 0 Å². The fourth-order valence-corrected chi connectivity index (χ4v) is 3.85. The molecule has 0 bridgehead atoms. The summed E-state index contributed by atoms with van der Waals surface area (Å²) in [7, 11) is 0. The summed E-state index contributed by atoms with van der Waals surface area (Å²) >= 11 is 0. The van der Waals surface area contributed by atoms with Gasteiger partial charge in [-0.3, -0.25) is 0 Å². The van der Waals surface area contributed by atoms with E-state index in [-0.39, 0.29) is 0 Å². The lowest BCUT2D eigenvalue weighted by atomic mass is 9.79. The van der Waals surface area contributed by atoms with Crippen LogP contribution >= 0.6 is 0 Å². The maximum atomic E-state index is 3.54. The number of rotatable bonds is 3. The number of nitrogens with zero attached hydrogens (tertiary/aromatic N) is 1. The van der Waals surface area contributed by atoms with Crippen LogP contribution in [0.2, 0.25) is 0 Å². The number of hydrogen-bond donors (Lipinski definition) is 1. The van der Waals surface area contributed by atoms with Crippen LogP contribution in [0.4, 0.5) is 0 Å². The second kappa shape index (κ2) is 6.19. The van der Waals surface area contributed by atoms with E-state index < -0.39 is 0 Å². The maximum Gasteiger partial charge on any atom is 0.00219 e. The van der Waals surface area contributed by atoms with E-state index in [9.17, 15) is 0 Å². The number of piperidine rings is 2. The van der Waals surface area contributed by atoms with Gasteiger partial charge in [0.25, 0.3) is 0 Å². The molecule has 2 saturated heterocycles. The molecule has 2 heterocycles. The van der Waals surface area contributed by atoms with Gasteiger partial charge in [-0.2, -0.15) is 0 Å². The second-order valence-corrected chi connectivity index (χ2v) is 6.65. The zero-order valence-electron chi connectivity index (χ0n) is 11.9. The van der Waals surface area contributed by atoms with E-state index >= 15 is 0 Å². The number of hydrogen-bond acceptors (Lipinski definition) is 2. The van der Waals surface area contributed by atoms with Crippen molar-refractivity contribution in [3.8, 4) is 0 Å². The standard InChI is InChI=1S/C15H30N2/c1-12(2)15-6-8-17(10-13(15)3)11-14-5-4-7-16-9-14/h12-16H,4-11H2,1-3H3. The lowest BCUT2D eigenvalue weighted by Gasteiger charge is -2.40. The van der Waals surface area contributed by atoms with Crippen molar-refractivity contribution in [1.29, 1.82) is 0 Å². The minimum absolute atomic E-state index is 0.864. The third-order valence-corrected chi connectivity index (χ3v) is 4.83. The van der Waals surface area contributed by atoms with Crippen molar-refractivity contribution in [2.24, 2.45) is 23.7 Å². The molecule has 2 fully saturated rings. The Labute approximate surface area is 107 Å². The minimum atomic E-state index is 0.864. The molecule has 0 aromatic heterocycles. The topological polar surface area (TPSA) is 15.3 Å². The fourth-order valence-electron chi connectivity index (χ4n) is 3.85. The van der Waals surface area contributed by atoms with E-state index in [0.29, 0.717) is 0 Å². The average Bonchev–Trinajstić information content (AvgIpc) is 2.30. The Bertz CT molecular complexity index is 221. The van der Waals surface area contributed by atoms with Gasteiger partial charge in [0.1, 0.15) is 0 Å². The third-order valence-electron chi connectivity index (χ3n) is 4.83. The molecule has 2 aliphatic rings. The molecule has 0 radical (unpaired) electrons. The summed E-state index contributed by atoms with van der Waals surface area (Å²) in [6.07, 6.45) is 4.23. The molecule has 2 heteroatoms. The van der Waals surface area contributed by atoms with E-state index in [2.05, 4.69) is 31.0 Å². The Morgan fingerprint density at radius 2 is 2.12 bits per heavy atom. The molecule has 0 aromatic rings. The van der Waals surface area contributed by atoms with Gasteiger partial charge in [-0.1, -0.05) is 20.8 Å². The summed E-state index contributed by atoms with van der Waals surface area (Å²) in [6.45, 7) is 13.7. The van der Waals surface area contributed by atoms with E-state index in [1.165, 1.54) is 52.0 Å². The quantitative estimate of drug-likeness (QED) is 0.813. The fraction of sp³-hybridized carbons (Fsp3) is 1.00. The molecule has 0 spiro atoms. The van der Waals surface area contributed by atoms with Crippen LogP contribution < -0.4 is 5.32 Å². The molecule has 2 aliphatic heterocycles. The molecular weight excluding hydrogens is 208 g/mol. The molecular formula is C15H30N2. The highest BCUT2D eigenvalue weighted by Gasteiger charge is 2.29. The molecule has 3 unspecified atom stereocenters. The van der Waals surface area contributed by atoms with Crippen molar-refractivity contribution in [2.75, 3.05) is 32.7 Å². The van der Waals surface area contributed by atoms with Crippen LogP contribution in [0, 0.1) is 23.7 Å². The van der Waals surface area contributed by atoms with Gasteiger partial charge in [-0.25, -0.2) is 0 Å². The summed E-state index contributed by atoms with van der Waals surface area (Å²) in [5.41, 5.74) is 0. The third kappa shape index (κ3) is 3.69. The van der Waals surface area contributed by atoms with Crippen LogP contribution in [-0.2, 0) is 0 Å². The highest BCUT2D eigenvalue weighted by Crippen LogP contribution is 2.30. The molecule has 0 aromatic carbocycles. The first-order valence-electron chi connectivity index (χ1n) is 7.60. The van der Waals surface area contributed by atoms with Crippen LogP contribution in [0.3, 0.4) is 0 Å². The molecule has 17 heavy (non-hydrogen) atoms. The number of nitrogens with one attached hydrogen (secondary N) is 1. The van der Waals surface area contributed by atoms with Gasteiger partial charge in [-0.05, 0) is 62.6 Å². The first kappa shape index (κ1) is 13.4.